The van der Waals surface area contributed by atoms with Crippen molar-refractivity contribution in [2.45, 2.75) is 13.0 Å². The molecule has 1 heterocycles. The summed E-state index contributed by atoms with van der Waals surface area (Å²) in [4.78, 5) is 24.2. The minimum atomic E-state index is -0.584. The summed E-state index contributed by atoms with van der Waals surface area (Å²) in [6, 6.07) is 9.53. The summed E-state index contributed by atoms with van der Waals surface area (Å²) >= 11 is 4.80. The van der Waals surface area contributed by atoms with Crippen LogP contribution in [0.1, 0.15) is 16.7 Å². The molecule has 154 valence electrons. The highest BCUT2D eigenvalue weighted by molar-refractivity contribution is 7.80. The van der Waals surface area contributed by atoms with E-state index in [4.69, 9.17) is 21.7 Å². The van der Waals surface area contributed by atoms with Crippen molar-refractivity contribution >= 4 is 35.2 Å². The number of ether oxygens (including phenoxy) is 2. The SMILES string of the molecule is C=CCc1cc(C=C2C(=O)NC(=S)NC2=O)cc(OC)c1OCc1cccc(F)c1. The quantitative estimate of drug-likeness (QED) is 0.308. The fourth-order valence-electron chi connectivity index (χ4n) is 2.94. The van der Waals surface area contributed by atoms with Gasteiger partial charge in [-0.05, 0) is 60.1 Å². The summed E-state index contributed by atoms with van der Waals surface area (Å²) in [5.74, 6) is -0.633. The molecule has 2 aromatic carbocycles. The van der Waals surface area contributed by atoms with Gasteiger partial charge >= 0.3 is 0 Å². The summed E-state index contributed by atoms with van der Waals surface area (Å²) in [6.07, 6.45) is 3.59. The molecular weight excluding hydrogens is 407 g/mol. The predicted molar refractivity (Wildman–Crippen MR) is 114 cm³/mol. The zero-order valence-electron chi connectivity index (χ0n) is 16.2. The van der Waals surface area contributed by atoms with Crippen molar-refractivity contribution in [1.29, 1.82) is 0 Å². The first-order valence-electron chi connectivity index (χ1n) is 8.98. The summed E-state index contributed by atoms with van der Waals surface area (Å²) in [7, 11) is 1.48. The van der Waals surface area contributed by atoms with Crippen LogP contribution in [0.2, 0.25) is 0 Å². The second-order valence-corrected chi connectivity index (χ2v) is 6.83. The van der Waals surface area contributed by atoms with Crippen LogP contribution in [-0.4, -0.2) is 24.0 Å². The van der Waals surface area contributed by atoms with Crippen molar-refractivity contribution in [1.82, 2.24) is 10.6 Å². The largest absolute Gasteiger partial charge is 0.493 e. The number of nitrogens with one attached hydrogen (secondary N) is 2. The number of carbonyl (C=O) groups excluding carboxylic acids is 2. The molecule has 0 radical (unpaired) electrons. The topological polar surface area (TPSA) is 76.7 Å². The molecule has 0 saturated carbocycles. The Morgan fingerprint density at radius 2 is 1.90 bits per heavy atom. The zero-order valence-corrected chi connectivity index (χ0v) is 17.0. The molecule has 8 heteroatoms. The summed E-state index contributed by atoms with van der Waals surface area (Å²) in [5.41, 5.74) is 1.89. The minimum Gasteiger partial charge on any atom is -0.493 e. The number of allylic oxidation sites excluding steroid dienone is 1. The van der Waals surface area contributed by atoms with Gasteiger partial charge in [0, 0.05) is 5.56 Å². The highest BCUT2D eigenvalue weighted by atomic mass is 32.1. The van der Waals surface area contributed by atoms with Crippen LogP contribution in [0.15, 0.2) is 54.6 Å². The van der Waals surface area contributed by atoms with Crippen LogP contribution in [0.4, 0.5) is 4.39 Å². The highest BCUT2D eigenvalue weighted by Crippen LogP contribution is 2.35. The molecule has 2 amide bonds. The van der Waals surface area contributed by atoms with Gasteiger partial charge in [0.15, 0.2) is 16.6 Å². The van der Waals surface area contributed by atoms with E-state index in [1.54, 1.807) is 30.3 Å². The lowest BCUT2D eigenvalue weighted by Gasteiger charge is -2.18. The Kier molecular flexibility index (Phi) is 6.58. The minimum absolute atomic E-state index is 0.0341. The van der Waals surface area contributed by atoms with E-state index in [2.05, 4.69) is 17.2 Å². The van der Waals surface area contributed by atoms with E-state index in [0.717, 1.165) is 5.56 Å². The van der Waals surface area contributed by atoms with E-state index in [1.165, 1.54) is 25.3 Å². The Labute approximate surface area is 178 Å². The van der Waals surface area contributed by atoms with Crippen LogP contribution < -0.4 is 20.1 Å². The van der Waals surface area contributed by atoms with Crippen LogP contribution in [0.5, 0.6) is 11.5 Å². The maximum atomic E-state index is 13.4. The van der Waals surface area contributed by atoms with E-state index >= 15 is 0 Å². The van der Waals surface area contributed by atoms with E-state index in [1.807, 2.05) is 0 Å². The molecule has 2 aromatic rings. The second kappa shape index (κ2) is 9.32. The van der Waals surface area contributed by atoms with Crippen molar-refractivity contribution in [3.63, 3.8) is 0 Å². The Bertz CT molecular complexity index is 1040. The summed E-state index contributed by atoms with van der Waals surface area (Å²) < 4.78 is 24.8. The first-order chi connectivity index (χ1) is 14.4. The van der Waals surface area contributed by atoms with Crippen LogP contribution in [0.25, 0.3) is 6.08 Å². The van der Waals surface area contributed by atoms with Crippen molar-refractivity contribution < 1.29 is 23.5 Å². The molecule has 0 unspecified atom stereocenters. The Morgan fingerprint density at radius 1 is 1.17 bits per heavy atom. The van der Waals surface area contributed by atoms with Gasteiger partial charge in [0.25, 0.3) is 11.8 Å². The van der Waals surface area contributed by atoms with E-state index in [-0.39, 0.29) is 23.1 Å². The molecule has 3 rings (SSSR count). The molecule has 1 aliphatic heterocycles. The number of carbonyl (C=O) groups is 2. The maximum absolute atomic E-state index is 13.4. The van der Waals surface area contributed by atoms with Crippen LogP contribution in [0.3, 0.4) is 0 Å². The second-order valence-electron chi connectivity index (χ2n) is 6.42. The molecule has 0 spiro atoms. The maximum Gasteiger partial charge on any atom is 0.263 e. The van der Waals surface area contributed by atoms with E-state index in [9.17, 15) is 14.0 Å². The monoisotopic (exact) mass is 426 g/mol. The van der Waals surface area contributed by atoms with Crippen LogP contribution in [0, 0.1) is 5.82 Å². The normalized spacial score (nSPS) is 13.4. The molecule has 1 saturated heterocycles. The molecule has 6 nitrogen and oxygen atoms in total. The third kappa shape index (κ3) is 4.90. The third-order valence-electron chi connectivity index (χ3n) is 4.26. The van der Waals surface area contributed by atoms with Gasteiger partial charge in [-0.3, -0.25) is 20.2 Å². The molecule has 0 atom stereocenters. The predicted octanol–water partition coefficient (Wildman–Crippen LogP) is 3.06. The number of thiocarbonyl (C=S) groups is 1. The van der Waals surface area contributed by atoms with Gasteiger partial charge in [0.05, 0.1) is 7.11 Å². The lowest BCUT2D eigenvalue weighted by molar-refractivity contribution is -0.123. The molecular formula is C22H19FN2O4S. The van der Waals surface area contributed by atoms with E-state index < -0.39 is 11.8 Å². The average molecular weight is 426 g/mol. The molecule has 0 aromatic heterocycles. The first-order valence-corrected chi connectivity index (χ1v) is 9.39. The smallest absolute Gasteiger partial charge is 0.263 e. The fraction of sp³-hybridized carbons (Fsp3) is 0.136. The zero-order chi connectivity index (χ0) is 21.7. The van der Waals surface area contributed by atoms with Crippen LogP contribution in [-0.2, 0) is 22.6 Å². The van der Waals surface area contributed by atoms with Crippen molar-refractivity contribution in [2.24, 2.45) is 0 Å². The van der Waals surface area contributed by atoms with Gasteiger partial charge in [-0.15, -0.1) is 6.58 Å². The molecule has 1 aliphatic rings. The fourth-order valence-corrected chi connectivity index (χ4v) is 3.13. The number of hydrogen-bond donors (Lipinski definition) is 2. The highest BCUT2D eigenvalue weighted by Gasteiger charge is 2.26. The lowest BCUT2D eigenvalue weighted by atomic mass is 10.0. The number of rotatable bonds is 7. The first kappa shape index (κ1) is 21.2. The number of hydrogen-bond acceptors (Lipinski definition) is 5. The number of methoxy groups -OCH3 is 1. The van der Waals surface area contributed by atoms with Crippen molar-refractivity contribution in [3.05, 3.63) is 77.1 Å². The Balaban J connectivity index is 1.95. The molecule has 0 bridgehead atoms. The van der Waals surface area contributed by atoms with Gasteiger partial charge in [-0.1, -0.05) is 18.2 Å². The summed E-state index contributed by atoms with van der Waals surface area (Å²) in [6.45, 7) is 3.90. The Hall–Kier alpha value is -3.52. The van der Waals surface area contributed by atoms with Gasteiger partial charge in [0.2, 0.25) is 0 Å². The number of amides is 2. The molecule has 30 heavy (non-hydrogen) atoms. The summed E-state index contributed by atoms with van der Waals surface area (Å²) in [5, 5.41) is 4.75. The molecule has 2 N–H and O–H groups in total. The van der Waals surface area contributed by atoms with Crippen LogP contribution >= 0.6 is 12.2 Å². The number of halogens is 1. The van der Waals surface area contributed by atoms with Gasteiger partial charge in [-0.2, -0.15) is 0 Å². The van der Waals surface area contributed by atoms with Crippen molar-refractivity contribution in [2.75, 3.05) is 7.11 Å². The van der Waals surface area contributed by atoms with Gasteiger partial charge in [0.1, 0.15) is 18.0 Å². The van der Waals surface area contributed by atoms with Gasteiger partial charge < -0.3 is 9.47 Å². The average Bonchev–Trinajstić information content (AvgIpc) is 2.69. The van der Waals surface area contributed by atoms with Crippen molar-refractivity contribution in [3.8, 4) is 11.5 Å². The molecule has 1 fully saturated rings. The standard InChI is InChI=1S/C22H19FN2O4S/c1-3-5-15-8-14(10-17-20(26)24-22(30)25-21(17)27)11-18(28-2)19(15)29-12-13-6-4-7-16(23)9-13/h3-4,6-11H,1,5,12H2,2H3,(H2,24,25,26,27,30). The Morgan fingerprint density at radius 3 is 2.53 bits per heavy atom. The molecule has 0 aliphatic carbocycles. The number of benzene rings is 2. The third-order valence-corrected chi connectivity index (χ3v) is 4.47. The lowest BCUT2D eigenvalue weighted by Crippen LogP contribution is -2.51. The van der Waals surface area contributed by atoms with Gasteiger partial charge in [-0.25, -0.2) is 4.39 Å². The van der Waals surface area contributed by atoms with E-state index in [0.29, 0.717) is 29.0 Å².